The van der Waals surface area contributed by atoms with Gasteiger partial charge in [0.1, 0.15) is 10.6 Å². The van der Waals surface area contributed by atoms with Gasteiger partial charge in [0, 0.05) is 9.26 Å². The van der Waals surface area contributed by atoms with Gasteiger partial charge in [0.15, 0.2) is 0 Å². The lowest BCUT2D eigenvalue weighted by Crippen LogP contribution is -2.36. The number of esters is 1. The quantitative estimate of drug-likeness (QED) is 0.306. The summed E-state index contributed by atoms with van der Waals surface area (Å²) < 4.78 is 6.27. The molecule has 1 N–H and O–H groups in total. The summed E-state index contributed by atoms with van der Waals surface area (Å²) >= 11 is 19.3. The Bertz CT molecular complexity index is 730. The molecule has 3 atom stereocenters. The zero-order valence-electron chi connectivity index (χ0n) is 13.8. The number of rotatable bonds is 5. The topological polar surface area (TPSA) is 55.4 Å². The second-order valence-corrected chi connectivity index (χ2v) is 8.44. The second-order valence-electron chi connectivity index (χ2n) is 5.84. The van der Waals surface area contributed by atoms with E-state index >= 15 is 0 Å². The first-order valence-electron chi connectivity index (χ1n) is 7.92. The summed E-state index contributed by atoms with van der Waals surface area (Å²) in [7, 11) is 0. The fourth-order valence-electron chi connectivity index (χ4n) is 2.60. The number of hydrogen-bond donors (Lipinski definition) is 1. The SMILES string of the molecule is CC(OC(=O)C1CC=CCC1C(=O)Nc1ccc(I)cc1)C(Cl)=C(Cl)Cl. The van der Waals surface area contributed by atoms with Crippen LogP contribution in [0.2, 0.25) is 0 Å². The van der Waals surface area contributed by atoms with Crippen molar-refractivity contribution >= 4 is 75.0 Å². The van der Waals surface area contributed by atoms with Gasteiger partial charge in [0.05, 0.1) is 16.9 Å². The number of carbonyl (C=O) groups excluding carboxylic acids is 2. The summed E-state index contributed by atoms with van der Waals surface area (Å²) in [5, 5.41) is 2.91. The molecule has 1 aromatic carbocycles. The van der Waals surface area contributed by atoms with E-state index in [1.807, 2.05) is 36.4 Å². The zero-order chi connectivity index (χ0) is 19.3. The van der Waals surface area contributed by atoms with Crippen molar-refractivity contribution in [2.45, 2.75) is 25.9 Å². The minimum atomic E-state index is -0.778. The molecule has 0 aromatic heterocycles. The third-order valence-corrected chi connectivity index (χ3v) is 5.83. The Morgan fingerprint density at radius 2 is 1.69 bits per heavy atom. The van der Waals surface area contributed by atoms with Crippen molar-refractivity contribution in [3.8, 4) is 0 Å². The molecule has 0 aliphatic heterocycles. The van der Waals surface area contributed by atoms with Crippen LogP contribution in [0.3, 0.4) is 0 Å². The number of allylic oxidation sites excluding steroid dienone is 2. The Hall–Kier alpha value is -0.760. The molecule has 8 heteroatoms. The van der Waals surface area contributed by atoms with Crippen LogP contribution in [-0.2, 0) is 14.3 Å². The predicted octanol–water partition coefficient (Wildman–Crippen LogP) is 5.63. The number of amides is 1. The fourth-order valence-corrected chi connectivity index (χ4v) is 3.31. The second kappa shape index (κ2) is 9.97. The molecule has 3 unspecified atom stereocenters. The normalized spacial score (nSPS) is 20.2. The van der Waals surface area contributed by atoms with Gasteiger partial charge in [-0.3, -0.25) is 9.59 Å². The van der Waals surface area contributed by atoms with Crippen molar-refractivity contribution in [2.24, 2.45) is 11.8 Å². The summed E-state index contributed by atoms with van der Waals surface area (Å²) in [4.78, 5) is 25.2. The summed E-state index contributed by atoms with van der Waals surface area (Å²) in [5.41, 5.74) is 0.686. The summed E-state index contributed by atoms with van der Waals surface area (Å²) in [6.45, 7) is 1.57. The highest BCUT2D eigenvalue weighted by atomic mass is 127. The molecule has 26 heavy (non-hydrogen) atoms. The molecule has 1 aliphatic rings. The molecule has 0 spiro atoms. The summed E-state index contributed by atoms with van der Waals surface area (Å²) in [6.07, 6.45) is 3.88. The van der Waals surface area contributed by atoms with E-state index in [-0.39, 0.29) is 15.4 Å². The van der Waals surface area contributed by atoms with Crippen molar-refractivity contribution in [1.82, 2.24) is 0 Å². The molecular formula is C18H17Cl3INO3. The predicted molar refractivity (Wildman–Crippen MR) is 113 cm³/mol. The van der Waals surface area contributed by atoms with Crippen molar-refractivity contribution in [1.29, 1.82) is 0 Å². The lowest BCUT2D eigenvalue weighted by molar-refractivity contribution is -0.155. The van der Waals surface area contributed by atoms with Gasteiger partial charge in [-0.25, -0.2) is 0 Å². The summed E-state index contributed by atoms with van der Waals surface area (Å²) in [6, 6.07) is 7.44. The first-order chi connectivity index (χ1) is 12.3. The number of nitrogens with one attached hydrogen (secondary N) is 1. The van der Waals surface area contributed by atoms with E-state index in [0.717, 1.165) is 3.57 Å². The van der Waals surface area contributed by atoms with E-state index in [1.165, 1.54) is 0 Å². The van der Waals surface area contributed by atoms with E-state index in [0.29, 0.717) is 18.5 Å². The Labute approximate surface area is 181 Å². The molecule has 0 heterocycles. The number of ether oxygens (including phenoxy) is 1. The molecule has 0 saturated heterocycles. The van der Waals surface area contributed by atoms with Crippen LogP contribution in [0.15, 0.2) is 45.9 Å². The molecule has 0 radical (unpaired) electrons. The molecule has 2 rings (SSSR count). The van der Waals surface area contributed by atoms with Crippen molar-refractivity contribution < 1.29 is 14.3 Å². The standard InChI is InChI=1S/C18H17Cl3INO3/c1-10(15(19)16(20)21)26-18(25)14-5-3-2-4-13(14)17(24)23-12-8-6-11(22)7-9-12/h2-3,6-10,13-14H,4-5H2,1H3,(H,23,24). The highest BCUT2D eigenvalue weighted by Gasteiger charge is 2.36. The van der Waals surface area contributed by atoms with Gasteiger partial charge in [0.25, 0.3) is 0 Å². The molecule has 0 saturated carbocycles. The first-order valence-corrected chi connectivity index (χ1v) is 10.1. The molecule has 1 amide bonds. The Kier molecular flexibility index (Phi) is 8.26. The lowest BCUT2D eigenvalue weighted by atomic mass is 9.82. The number of halogens is 4. The third-order valence-electron chi connectivity index (χ3n) is 4.01. The van der Waals surface area contributed by atoms with Gasteiger partial charge in [-0.05, 0) is 66.6 Å². The maximum Gasteiger partial charge on any atom is 0.310 e. The van der Waals surface area contributed by atoms with Gasteiger partial charge < -0.3 is 10.1 Å². The van der Waals surface area contributed by atoms with Crippen molar-refractivity contribution in [3.63, 3.8) is 0 Å². The fraction of sp³-hybridized carbons (Fsp3) is 0.333. The van der Waals surface area contributed by atoms with Crippen LogP contribution in [0.1, 0.15) is 19.8 Å². The van der Waals surface area contributed by atoms with Crippen molar-refractivity contribution in [3.05, 3.63) is 49.5 Å². The van der Waals surface area contributed by atoms with Crippen LogP contribution in [0, 0.1) is 15.4 Å². The van der Waals surface area contributed by atoms with Crippen LogP contribution in [0.5, 0.6) is 0 Å². The monoisotopic (exact) mass is 527 g/mol. The maximum atomic E-state index is 12.7. The minimum Gasteiger partial charge on any atom is -0.457 e. The molecule has 1 aromatic rings. The minimum absolute atomic E-state index is 0.0490. The van der Waals surface area contributed by atoms with Gasteiger partial charge in [-0.2, -0.15) is 0 Å². The van der Waals surface area contributed by atoms with E-state index < -0.39 is 23.9 Å². The molecule has 4 nitrogen and oxygen atoms in total. The Balaban J connectivity index is 2.07. The highest BCUT2D eigenvalue weighted by molar-refractivity contribution is 14.1. The van der Waals surface area contributed by atoms with Crippen LogP contribution >= 0.6 is 57.4 Å². The van der Waals surface area contributed by atoms with E-state index in [1.54, 1.807) is 6.92 Å². The molecule has 140 valence electrons. The van der Waals surface area contributed by atoms with Crippen LogP contribution in [-0.4, -0.2) is 18.0 Å². The van der Waals surface area contributed by atoms with Gasteiger partial charge >= 0.3 is 5.97 Å². The Morgan fingerprint density at radius 3 is 2.27 bits per heavy atom. The van der Waals surface area contributed by atoms with E-state index in [4.69, 9.17) is 39.5 Å². The largest absolute Gasteiger partial charge is 0.457 e. The summed E-state index contributed by atoms with van der Waals surface area (Å²) in [5.74, 6) is -1.84. The average molecular weight is 529 g/mol. The molecule has 1 aliphatic carbocycles. The zero-order valence-corrected chi connectivity index (χ0v) is 18.3. The van der Waals surface area contributed by atoms with E-state index in [9.17, 15) is 9.59 Å². The number of benzene rings is 1. The maximum absolute atomic E-state index is 12.7. The molecule has 0 bridgehead atoms. The van der Waals surface area contributed by atoms with Crippen molar-refractivity contribution in [2.75, 3.05) is 5.32 Å². The number of hydrogen-bond acceptors (Lipinski definition) is 3. The number of carbonyl (C=O) groups is 2. The smallest absolute Gasteiger partial charge is 0.310 e. The van der Waals surface area contributed by atoms with Crippen LogP contribution < -0.4 is 5.32 Å². The first kappa shape index (κ1) is 21.5. The lowest BCUT2D eigenvalue weighted by Gasteiger charge is -2.27. The Morgan fingerprint density at radius 1 is 1.12 bits per heavy atom. The third kappa shape index (κ3) is 5.87. The van der Waals surface area contributed by atoms with Gasteiger partial charge in [-0.1, -0.05) is 47.0 Å². The molecule has 0 fully saturated rings. The average Bonchev–Trinajstić information content (AvgIpc) is 2.62. The molecular weight excluding hydrogens is 511 g/mol. The number of anilines is 1. The highest BCUT2D eigenvalue weighted by Crippen LogP contribution is 2.30. The van der Waals surface area contributed by atoms with Gasteiger partial charge in [0.2, 0.25) is 5.91 Å². The van der Waals surface area contributed by atoms with Crippen LogP contribution in [0.25, 0.3) is 0 Å². The van der Waals surface area contributed by atoms with E-state index in [2.05, 4.69) is 27.9 Å². The van der Waals surface area contributed by atoms with Crippen LogP contribution in [0.4, 0.5) is 5.69 Å². The van der Waals surface area contributed by atoms with Gasteiger partial charge in [-0.15, -0.1) is 0 Å².